The number of hydrogen-bond donors (Lipinski definition) is 3. The van der Waals surface area contributed by atoms with Gasteiger partial charge in [-0.25, -0.2) is 4.79 Å². The van der Waals surface area contributed by atoms with Crippen molar-refractivity contribution < 1.29 is 19.1 Å². The predicted molar refractivity (Wildman–Crippen MR) is 85.8 cm³/mol. The summed E-state index contributed by atoms with van der Waals surface area (Å²) in [6, 6.07) is 5.17. The van der Waals surface area contributed by atoms with Crippen molar-refractivity contribution in [2.45, 2.75) is 32.4 Å². The third-order valence-electron chi connectivity index (χ3n) is 2.78. The number of benzene rings is 1. The van der Waals surface area contributed by atoms with E-state index in [0.29, 0.717) is 10.6 Å². The number of amides is 3. The Labute approximate surface area is 139 Å². The van der Waals surface area contributed by atoms with Crippen LogP contribution in [0.15, 0.2) is 24.3 Å². The molecule has 0 aromatic heterocycles. The molecule has 8 heteroatoms. The fourth-order valence-electron chi connectivity index (χ4n) is 1.90. The number of primary amides is 1. The molecule has 126 valence electrons. The Morgan fingerprint density at radius 1 is 1.22 bits per heavy atom. The standard InChI is InChI=1S/C15H20ClN3O4/c1-9(2)18-13(20)8-23-14(21)7-12(19-15(17)22)10-5-3-4-6-11(10)16/h3-6,9,12H,7-8H2,1-2H3,(H,18,20)(H3,17,19,22)/t12-/m0/s1. The van der Waals surface area contributed by atoms with Gasteiger partial charge in [0.1, 0.15) is 0 Å². The molecular formula is C15H20ClN3O4. The van der Waals surface area contributed by atoms with E-state index in [-0.39, 0.29) is 19.1 Å². The minimum Gasteiger partial charge on any atom is -0.456 e. The Kier molecular flexibility index (Phi) is 7.34. The van der Waals surface area contributed by atoms with Crippen LogP contribution >= 0.6 is 11.6 Å². The lowest BCUT2D eigenvalue weighted by molar-refractivity contribution is -0.149. The lowest BCUT2D eigenvalue weighted by atomic mass is 10.0. The zero-order chi connectivity index (χ0) is 17.4. The fraction of sp³-hybridized carbons (Fsp3) is 0.400. The van der Waals surface area contributed by atoms with Crippen LogP contribution < -0.4 is 16.4 Å². The molecule has 0 aliphatic carbocycles. The maximum atomic E-state index is 11.9. The van der Waals surface area contributed by atoms with Gasteiger partial charge < -0.3 is 21.1 Å². The minimum absolute atomic E-state index is 0.0476. The molecule has 4 N–H and O–H groups in total. The third kappa shape index (κ3) is 7.01. The van der Waals surface area contributed by atoms with Gasteiger partial charge in [0.05, 0.1) is 12.5 Å². The summed E-state index contributed by atoms with van der Waals surface area (Å²) >= 11 is 6.06. The number of carbonyl (C=O) groups excluding carboxylic acids is 3. The first kappa shape index (κ1) is 18.8. The van der Waals surface area contributed by atoms with Gasteiger partial charge in [-0.2, -0.15) is 0 Å². The predicted octanol–water partition coefficient (Wildman–Crippen LogP) is 1.51. The zero-order valence-corrected chi connectivity index (χ0v) is 13.7. The van der Waals surface area contributed by atoms with E-state index in [4.69, 9.17) is 22.1 Å². The van der Waals surface area contributed by atoms with E-state index in [1.54, 1.807) is 38.1 Å². The highest BCUT2D eigenvalue weighted by atomic mass is 35.5. The molecule has 0 heterocycles. The summed E-state index contributed by atoms with van der Waals surface area (Å²) in [6.07, 6.45) is -0.193. The van der Waals surface area contributed by atoms with Gasteiger partial charge in [-0.05, 0) is 25.5 Å². The quantitative estimate of drug-likeness (QED) is 0.653. The van der Waals surface area contributed by atoms with Crippen LogP contribution in [0.5, 0.6) is 0 Å². The van der Waals surface area contributed by atoms with E-state index < -0.39 is 23.9 Å². The number of ether oxygens (including phenoxy) is 1. The molecule has 23 heavy (non-hydrogen) atoms. The first-order chi connectivity index (χ1) is 10.8. The van der Waals surface area contributed by atoms with E-state index in [9.17, 15) is 14.4 Å². The van der Waals surface area contributed by atoms with Crippen LogP contribution in [-0.4, -0.2) is 30.6 Å². The molecular weight excluding hydrogens is 322 g/mol. The number of carbonyl (C=O) groups is 3. The van der Waals surface area contributed by atoms with Crippen LogP contribution in [-0.2, 0) is 14.3 Å². The maximum Gasteiger partial charge on any atom is 0.312 e. The SMILES string of the molecule is CC(C)NC(=O)COC(=O)C[C@H](NC(N)=O)c1ccccc1Cl. The highest BCUT2D eigenvalue weighted by Crippen LogP contribution is 2.25. The summed E-state index contributed by atoms with van der Waals surface area (Å²) in [5.74, 6) is -1.05. The van der Waals surface area contributed by atoms with Crippen molar-refractivity contribution in [1.82, 2.24) is 10.6 Å². The molecule has 0 saturated heterocycles. The molecule has 0 fully saturated rings. The van der Waals surface area contributed by atoms with Gasteiger partial charge >= 0.3 is 12.0 Å². The van der Waals surface area contributed by atoms with Gasteiger partial charge in [0.15, 0.2) is 6.61 Å². The highest BCUT2D eigenvalue weighted by molar-refractivity contribution is 6.31. The van der Waals surface area contributed by atoms with Crippen molar-refractivity contribution in [1.29, 1.82) is 0 Å². The Morgan fingerprint density at radius 2 is 1.87 bits per heavy atom. The maximum absolute atomic E-state index is 11.9. The molecule has 1 aromatic rings. The second-order valence-electron chi connectivity index (χ2n) is 5.17. The fourth-order valence-corrected chi connectivity index (χ4v) is 2.17. The summed E-state index contributed by atoms with van der Waals surface area (Å²) in [6.45, 7) is 3.21. The first-order valence-electron chi connectivity index (χ1n) is 7.05. The van der Waals surface area contributed by atoms with Crippen molar-refractivity contribution in [2.24, 2.45) is 5.73 Å². The summed E-state index contributed by atoms with van der Waals surface area (Å²) in [4.78, 5) is 34.4. The van der Waals surface area contributed by atoms with Gasteiger partial charge in [0.25, 0.3) is 5.91 Å². The van der Waals surface area contributed by atoms with E-state index >= 15 is 0 Å². The number of nitrogens with one attached hydrogen (secondary N) is 2. The van der Waals surface area contributed by atoms with Gasteiger partial charge in [-0.3, -0.25) is 9.59 Å². The molecule has 0 radical (unpaired) electrons. The molecule has 0 unspecified atom stereocenters. The highest BCUT2D eigenvalue weighted by Gasteiger charge is 2.21. The zero-order valence-electron chi connectivity index (χ0n) is 13.0. The Hall–Kier alpha value is -2.28. The van der Waals surface area contributed by atoms with E-state index in [1.807, 2.05) is 0 Å². The normalized spacial score (nSPS) is 11.7. The topological polar surface area (TPSA) is 111 Å². The molecule has 0 saturated carbocycles. The number of hydrogen-bond acceptors (Lipinski definition) is 4. The number of rotatable bonds is 7. The second-order valence-corrected chi connectivity index (χ2v) is 5.58. The van der Waals surface area contributed by atoms with Crippen molar-refractivity contribution in [2.75, 3.05) is 6.61 Å². The van der Waals surface area contributed by atoms with Gasteiger partial charge in [-0.15, -0.1) is 0 Å². The molecule has 1 aromatic carbocycles. The van der Waals surface area contributed by atoms with Gasteiger partial charge in [-0.1, -0.05) is 29.8 Å². The smallest absolute Gasteiger partial charge is 0.312 e. The molecule has 0 bridgehead atoms. The lowest BCUT2D eigenvalue weighted by Crippen LogP contribution is -2.36. The van der Waals surface area contributed by atoms with E-state index in [0.717, 1.165) is 0 Å². The number of urea groups is 1. The van der Waals surface area contributed by atoms with Crippen LogP contribution in [0.1, 0.15) is 31.9 Å². The van der Waals surface area contributed by atoms with Crippen molar-refractivity contribution >= 4 is 29.5 Å². The number of esters is 1. The number of nitrogens with two attached hydrogens (primary N) is 1. The summed E-state index contributed by atoms with van der Waals surface area (Å²) in [7, 11) is 0. The molecule has 0 aliphatic rings. The van der Waals surface area contributed by atoms with E-state index in [1.165, 1.54) is 0 Å². The van der Waals surface area contributed by atoms with Gasteiger partial charge in [0, 0.05) is 11.1 Å². The van der Waals surface area contributed by atoms with E-state index in [2.05, 4.69) is 10.6 Å². The molecule has 1 atom stereocenters. The average molecular weight is 342 g/mol. The average Bonchev–Trinajstić information content (AvgIpc) is 2.44. The largest absolute Gasteiger partial charge is 0.456 e. The Balaban J connectivity index is 2.67. The third-order valence-corrected chi connectivity index (χ3v) is 3.13. The lowest BCUT2D eigenvalue weighted by Gasteiger charge is -2.18. The van der Waals surface area contributed by atoms with Crippen LogP contribution in [0.3, 0.4) is 0 Å². The van der Waals surface area contributed by atoms with Gasteiger partial charge in [0.2, 0.25) is 0 Å². The molecule has 3 amide bonds. The molecule has 0 aliphatic heterocycles. The van der Waals surface area contributed by atoms with Crippen molar-refractivity contribution in [3.63, 3.8) is 0 Å². The van der Waals surface area contributed by atoms with Crippen LogP contribution in [0.4, 0.5) is 4.79 Å². The van der Waals surface area contributed by atoms with Crippen LogP contribution in [0, 0.1) is 0 Å². The molecule has 1 rings (SSSR count). The Bertz CT molecular complexity index is 578. The minimum atomic E-state index is -0.791. The number of halogens is 1. The van der Waals surface area contributed by atoms with Crippen LogP contribution in [0.2, 0.25) is 5.02 Å². The molecule has 7 nitrogen and oxygen atoms in total. The second kappa shape index (κ2) is 8.99. The molecule has 0 spiro atoms. The van der Waals surface area contributed by atoms with Crippen molar-refractivity contribution in [3.8, 4) is 0 Å². The summed E-state index contributed by atoms with van der Waals surface area (Å²) in [5.41, 5.74) is 5.66. The summed E-state index contributed by atoms with van der Waals surface area (Å²) in [5, 5.41) is 5.42. The van der Waals surface area contributed by atoms with Crippen LogP contribution in [0.25, 0.3) is 0 Å². The first-order valence-corrected chi connectivity index (χ1v) is 7.42. The monoisotopic (exact) mass is 341 g/mol. The van der Waals surface area contributed by atoms with Crippen molar-refractivity contribution in [3.05, 3.63) is 34.9 Å². The Morgan fingerprint density at radius 3 is 2.43 bits per heavy atom. The summed E-state index contributed by atoms with van der Waals surface area (Å²) < 4.78 is 4.89.